The number of imide groups is 1. The van der Waals surface area contributed by atoms with Crippen LogP contribution in [0.4, 0.5) is 16.3 Å². The van der Waals surface area contributed by atoms with Crippen LogP contribution in [0.5, 0.6) is 0 Å². The van der Waals surface area contributed by atoms with Gasteiger partial charge in [0.1, 0.15) is 0 Å². The van der Waals surface area contributed by atoms with E-state index in [2.05, 4.69) is 41.0 Å². The maximum absolute atomic E-state index is 12.5. The van der Waals surface area contributed by atoms with E-state index in [1.807, 2.05) is 12.4 Å². The van der Waals surface area contributed by atoms with Gasteiger partial charge in [-0.3, -0.25) is 29.5 Å². The summed E-state index contributed by atoms with van der Waals surface area (Å²) in [6.07, 6.45) is 15.6. The third kappa shape index (κ3) is 6.09. The van der Waals surface area contributed by atoms with Crippen LogP contribution in [0.15, 0.2) is 24.7 Å². The van der Waals surface area contributed by atoms with Crippen molar-refractivity contribution in [2.24, 2.45) is 11.7 Å². The number of hydrogen-bond acceptors (Lipinski definition) is 9. The Balaban J connectivity index is 0.937. The van der Waals surface area contributed by atoms with Crippen LogP contribution in [-0.4, -0.2) is 87.0 Å². The molecule has 0 spiro atoms. The zero-order valence-electron chi connectivity index (χ0n) is 25.7. The smallest absolute Gasteiger partial charge is 0.328 e. The molecule has 45 heavy (non-hydrogen) atoms. The molecule has 238 valence electrons. The van der Waals surface area contributed by atoms with Crippen LogP contribution in [0.1, 0.15) is 92.2 Å². The Hall–Kier alpha value is -4.13. The number of amides is 4. The molecule has 3 aromatic rings. The van der Waals surface area contributed by atoms with Crippen LogP contribution in [0.3, 0.4) is 0 Å². The van der Waals surface area contributed by atoms with Gasteiger partial charge in [-0.2, -0.15) is 5.10 Å². The van der Waals surface area contributed by atoms with E-state index in [1.54, 1.807) is 11.1 Å². The number of piperidine rings is 2. The summed E-state index contributed by atoms with van der Waals surface area (Å²) < 4.78 is 2.07. The molecule has 3 aromatic heterocycles. The minimum absolute atomic E-state index is 0.251. The van der Waals surface area contributed by atoms with Crippen LogP contribution in [0.2, 0.25) is 0 Å². The highest BCUT2D eigenvalue weighted by molar-refractivity contribution is 6.09. The number of hydrogen-bond donors (Lipinski definition) is 2. The Morgan fingerprint density at radius 1 is 0.911 bits per heavy atom. The van der Waals surface area contributed by atoms with E-state index in [9.17, 15) is 14.4 Å². The maximum Gasteiger partial charge on any atom is 0.328 e. The van der Waals surface area contributed by atoms with Gasteiger partial charge in [-0.1, -0.05) is 19.3 Å². The topological polar surface area (TPSA) is 155 Å². The fourth-order valence-electron chi connectivity index (χ4n) is 7.77. The average Bonchev–Trinajstić information content (AvgIpc) is 3.50. The molecule has 3 saturated heterocycles. The number of likely N-dealkylation sites (tertiary alicyclic amines) is 1. The lowest BCUT2D eigenvalue weighted by molar-refractivity contribution is -0.120. The van der Waals surface area contributed by atoms with Gasteiger partial charge in [0.05, 0.1) is 35.8 Å². The largest absolute Gasteiger partial charge is 0.364 e. The monoisotopic (exact) mass is 614 g/mol. The standard InChI is InChI=1S/C32H42N10O3/c33-31(44)30-24(22-4-2-1-3-5-22)16-28(37-38-30)40-13-6-21(7-14-40)20-39-11-8-23(9-12-39)42-27-19-34-18-26(25(27)17-35-42)41-15-10-29(43)36-32(41)45/h16-19,21-23H,1-15,20H2,(H2,33,44)(H,36,43,45). The summed E-state index contributed by atoms with van der Waals surface area (Å²) in [5.74, 6) is 1.12. The van der Waals surface area contributed by atoms with Gasteiger partial charge in [0.2, 0.25) is 5.91 Å². The molecule has 4 fully saturated rings. The molecule has 0 atom stereocenters. The molecule has 13 heteroatoms. The lowest BCUT2D eigenvalue weighted by Crippen LogP contribution is -2.49. The van der Waals surface area contributed by atoms with E-state index in [-0.39, 0.29) is 18.4 Å². The van der Waals surface area contributed by atoms with Gasteiger partial charge in [0, 0.05) is 51.1 Å². The Kier molecular flexibility index (Phi) is 8.35. The van der Waals surface area contributed by atoms with Crippen LogP contribution >= 0.6 is 0 Å². The van der Waals surface area contributed by atoms with Gasteiger partial charge in [0.15, 0.2) is 11.5 Å². The molecule has 13 nitrogen and oxygen atoms in total. The number of nitrogens with zero attached hydrogens (tertiary/aromatic N) is 8. The van der Waals surface area contributed by atoms with E-state index in [1.165, 1.54) is 19.3 Å². The van der Waals surface area contributed by atoms with Gasteiger partial charge in [0.25, 0.3) is 5.91 Å². The maximum atomic E-state index is 12.5. The van der Waals surface area contributed by atoms with Crippen LogP contribution in [-0.2, 0) is 4.79 Å². The van der Waals surface area contributed by atoms with E-state index in [0.717, 1.165) is 93.5 Å². The molecule has 3 aliphatic heterocycles. The van der Waals surface area contributed by atoms with Crippen molar-refractivity contribution in [3.05, 3.63) is 35.9 Å². The summed E-state index contributed by atoms with van der Waals surface area (Å²) in [5.41, 5.74) is 8.61. The van der Waals surface area contributed by atoms with E-state index in [0.29, 0.717) is 29.8 Å². The first kappa shape index (κ1) is 29.6. The minimum atomic E-state index is -0.482. The molecular weight excluding hydrogens is 572 g/mol. The third-order valence-electron chi connectivity index (χ3n) is 10.3. The molecule has 0 bridgehead atoms. The summed E-state index contributed by atoms with van der Waals surface area (Å²) in [6, 6.07) is 1.95. The Morgan fingerprint density at radius 3 is 2.42 bits per heavy atom. The number of aromatic nitrogens is 5. The molecule has 0 unspecified atom stereocenters. The number of rotatable bonds is 7. The summed E-state index contributed by atoms with van der Waals surface area (Å²) in [7, 11) is 0. The molecule has 1 aliphatic carbocycles. The lowest BCUT2D eigenvalue weighted by Gasteiger charge is -2.38. The van der Waals surface area contributed by atoms with Crippen LogP contribution in [0.25, 0.3) is 10.9 Å². The van der Waals surface area contributed by atoms with E-state index >= 15 is 0 Å². The van der Waals surface area contributed by atoms with Crippen molar-refractivity contribution in [1.29, 1.82) is 0 Å². The van der Waals surface area contributed by atoms with E-state index < -0.39 is 11.9 Å². The summed E-state index contributed by atoms with van der Waals surface area (Å²) in [4.78, 5) is 47.1. The highest BCUT2D eigenvalue weighted by Gasteiger charge is 2.30. The van der Waals surface area contributed by atoms with Gasteiger partial charge in [-0.05, 0) is 62.0 Å². The second-order valence-electron chi connectivity index (χ2n) is 13.1. The van der Waals surface area contributed by atoms with Crippen molar-refractivity contribution < 1.29 is 14.4 Å². The Labute approximate surface area is 262 Å². The number of pyridine rings is 1. The molecular formula is C32H42N10O3. The minimum Gasteiger partial charge on any atom is -0.364 e. The quantitative estimate of drug-likeness (QED) is 0.407. The van der Waals surface area contributed by atoms with Crippen molar-refractivity contribution in [2.45, 2.75) is 76.2 Å². The second-order valence-corrected chi connectivity index (χ2v) is 13.1. The predicted octanol–water partition coefficient (Wildman–Crippen LogP) is 3.37. The van der Waals surface area contributed by atoms with Crippen LogP contribution in [0, 0.1) is 5.92 Å². The molecule has 0 aromatic carbocycles. The summed E-state index contributed by atoms with van der Waals surface area (Å²) in [6.45, 7) is 5.34. The number of nitrogens with one attached hydrogen (secondary N) is 1. The average molecular weight is 615 g/mol. The van der Waals surface area contributed by atoms with Crippen molar-refractivity contribution in [1.82, 2.24) is 35.2 Å². The SMILES string of the molecule is NC(=O)c1nnc(N2CCC(CN3CCC(n4ncc5c(N6CCC(=O)NC6=O)cncc54)CC3)CC2)cc1C1CCCCC1. The normalized spacial score (nSPS) is 21.4. The highest BCUT2D eigenvalue weighted by atomic mass is 16.2. The molecule has 7 rings (SSSR count). The number of anilines is 2. The number of carbonyl (C=O) groups excluding carboxylic acids is 3. The lowest BCUT2D eigenvalue weighted by atomic mass is 9.83. The second kappa shape index (κ2) is 12.7. The van der Waals surface area contributed by atoms with Crippen LogP contribution < -0.4 is 20.9 Å². The van der Waals surface area contributed by atoms with Crippen molar-refractivity contribution in [3.8, 4) is 0 Å². The Morgan fingerprint density at radius 2 is 1.69 bits per heavy atom. The molecule has 4 aliphatic rings. The van der Waals surface area contributed by atoms with Crippen molar-refractivity contribution >= 4 is 40.3 Å². The predicted molar refractivity (Wildman–Crippen MR) is 169 cm³/mol. The first-order valence-corrected chi connectivity index (χ1v) is 16.5. The zero-order valence-corrected chi connectivity index (χ0v) is 25.7. The van der Waals surface area contributed by atoms with Gasteiger partial charge < -0.3 is 15.5 Å². The molecule has 0 radical (unpaired) electrons. The number of primary amides is 1. The molecule has 6 heterocycles. The fraction of sp³-hybridized carbons (Fsp3) is 0.594. The molecule has 4 amide bonds. The van der Waals surface area contributed by atoms with Crippen molar-refractivity contribution in [3.63, 3.8) is 0 Å². The Bertz CT molecular complexity index is 1570. The summed E-state index contributed by atoms with van der Waals surface area (Å²) in [5, 5.41) is 16.7. The number of urea groups is 1. The van der Waals surface area contributed by atoms with Gasteiger partial charge in [-0.15, -0.1) is 10.2 Å². The highest BCUT2D eigenvalue weighted by Crippen LogP contribution is 2.36. The fourth-order valence-corrected chi connectivity index (χ4v) is 7.77. The number of nitrogens with two attached hydrogens (primary N) is 1. The van der Waals surface area contributed by atoms with Crippen molar-refractivity contribution in [2.75, 3.05) is 49.1 Å². The van der Waals surface area contributed by atoms with Gasteiger partial charge >= 0.3 is 6.03 Å². The number of fused-ring (bicyclic) bond motifs is 1. The summed E-state index contributed by atoms with van der Waals surface area (Å²) >= 11 is 0. The van der Waals surface area contributed by atoms with E-state index in [4.69, 9.17) is 10.8 Å². The molecule has 1 saturated carbocycles. The first-order chi connectivity index (χ1) is 21.9. The van der Waals surface area contributed by atoms with Gasteiger partial charge in [-0.25, -0.2) is 4.79 Å². The molecule has 3 N–H and O–H groups in total. The third-order valence-corrected chi connectivity index (χ3v) is 10.3. The first-order valence-electron chi connectivity index (χ1n) is 16.5. The zero-order chi connectivity index (χ0) is 30.9. The number of carbonyl (C=O) groups is 3.